The van der Waals surface area contributed by atoms with Crippen LogP contribution in [0.2, 0.25) is 0 Å². The standard InChI is InChI=1S/C13H20BrN3O2/c1-13(2,8-15)9-16(3)7-10-4-11(14)6-12(5-10)17(18)19/h4-6H,7-9,15H2,1-3H3. The molecule has 0 saturated heterocycles. The Hall–Kier alpha value is -0.980. The van der Waals surface area contributed by atoms with Crippen molar-refractivity contribution in [1.29, 1.82) is 0 Å². The number of hydrogen-bond acceptors (Lipinski definition) is 4. The highest BCUT2D eigenvalue weighted by Crippen LogP contribution is 2.23. The van der Waals surface area contributed by atoms with Crippen molar-refractivity contribution in [1.82, 2.24) is 4.90 Å². The maximum Gasteiger partial charge on any atom is 0.270 e. The monoisotopic (exact) mass is 329 g/mol. The molecule has 0 atom stereocenters. The molecule has 6 heteroatoms. The first kappa shape index (κ1) is 16.1. The van der Waals surface area contributed by atoms with Crippen LogP contribution in [0, 0.1) is 15.5 Å². The fourth-order valence-electron chi connectivity index (χ4n) is 1.99. The molecule has 0 aliphatic carbocycles. The van der Waals surface area contributed by atoms with Crippen LogP contribution in [0.3, 0.4) is 0 Å². The average Bonchev–Trinajstić information content (AvgIpc) is 2.27. The summed E-state index contributed by atoms with van der Waals surface area (Å²) in [5.41, 5.74) is 6.77. The SMILES string of the molecule is CN(Cc1cc(Br)cc([N+](=O)[O-])c1)CC(C)(C)CN. The van der Waals surface area contributed by atoms with Crippen molar-refractivity contribution in [3.63, 3.8) is 0 Å². The molecule has 0 saturated carbocycles. The second kappa shape index (κ2) is 6.45. The van der Waals surface area contributed by atoms with Gasteiger partial charge in [0, 0.05) is 29.7 Å². The Kier molecular flexibility index (Phi) is 5.46. The van der Waals surface area contributed by atoms with Crippen LogP contribution in [-0.2, 0) is 6.54 Å². The van der Waals surface area contributed by atoms with E-state index in [0.29, 0.717) is 13.1 Å². The van der Waals surface area contributed by atoms with Crippen LogP contribution in [0.25, 0.3) is 0 Å². The lowest BCUT2D eigenvalue weighted by molar-refractivity contribution is -0.385. The number of halogens is 1. The van der Waals surface area contributed by atoms with Crippen molar-refractivity contribution in [2.45, 2.75) is 20.4 Å². The molecule has 19 heavy (non-hydrogen) atoms. The van der Waals surface area contributed by atoms with Gasteiger partial charge in [0.05, 0.1) is 4.92 Å². The van der Waals surface area contributed by atoms with E-state index in [-0.39, 0.29) is 16.0 Å². The summed E-state index contributed by atoms with van der Waals surface area (Å²) >= 11 is 3.30. The van der Waals surface area contributed by atoms with Crippen molar-refractivity contribution >= 4 is 21.6 Å². The van der Waals surface area contributed by atoms with Crippen molar-refractivity contribution < 1.29 is 4.92 Å². The van der Waals surface area contributed by atoms with E-state index in [1.807, 2.05) is 13.1 Å². The Morgan fingerprint density at radius 3 is 2.58 bits per heavy atom. The van der Waals surface area contributed by atoms with Gasteiger partial charge in [-0.2, -0.15) is 0 Å². The number of nitro benzene ring substituents is 1. The van der Waals surface area contributed by atoms with Crippen LogP contribution >= 0.6 is 15.9 Å². The minimum atomic E-state index is -0.377. The molecule has 106 valence electrons. The molecule has 0 aliphatic heterocycles. The van der Waals surface area contributed by atoms with E-state index in [2.05, 4.69) is 34.7 Å². The Balaban J connectivity index is 2.79. The summed E-state index contributed by atoms with van der Waals surface area (Å²) in [4.78, 5) is 12.6. The highest BCUT2D eigenvalue weighted by molar-refractivity contribution is 9.10. The second-order valence-corrected chi connectivity index (χ2v) is 6.53. The van der Waals surface area contributed by atoms with Crippen LogP contribution in [-0.4, -0.2) is 30.0 Å². The molecule has 1 aromatic carbocycles. The fraction of sp³-hybridized carbons (Fsp3) is 0.538. The van der Waals surface area contributed by atoms with Crippen LogP contribution in [0.5, 0.6) is 0 Å². The molecule has 0 radical (unpaired) electrons. The quantitative estimate of drug-likeness (QED) is 0.643. The minimum Gasteiger partial charge on any atom is -0.330 e. The van der Waals surface area contributed by atoms with Gasteiger partial charge < -0.3 is 10.6 Å². The van der Waals surface area contributed by atoms with E-state index in [1.165, 1.54) is 6.07 Å². The predicted molar refractivity (Wildman–Crippen MR) is 80.0 cm³/mol. The minimum absolute atomic E-state index is 0.0344. The van der Waals surface area contributed by atoms with Gasteiger partial charge in [0.15, 0.2) is 0 Å². The Morgan fingerprint density at radius 2 is 2.05 bits per heavy atom. The number of rotatable bonds is 6. The van der Waals surface area contributed by atoms with Gasteiger partial charge in [0.25, 0.3) is 5.69 Å². The Morgan fingerprint density at radius 1 is 1.42 bits per heavy atom. The van der Waals surface area contributed by atoms with Gasteiger partial charge >= 0.3 is 0 Å². The third-order valence-electron chi connectivity index (χ3n) is 2.86. The van der Waals surface area contributed by atoms with Crippen molar-refractivity contribution in [2.24, 2.45) is 11.1 Å². The zero-order valence-corrected chi connectivity index (χ0v) is 13.1. The van der Waals surface area contributed by atoms with Crippen molar-refractivity contribution in [3.8, 4) is 0 Å². The van der Waals surface area contributed by atoms with E-state index >= 15 is 0 Å². The highest BCUT2D eigenvalue weighted by atomic mass is 79.9. The van der Waals surface area contributed by atoms with E-state index < -0.39 is 0 Å². The largest absolute Gasteiger partial charge is 0.330 e. The number of non-ortho nitro benzene ring substituents is 1. The molecule has 0 spiro atoms. The molecular formula is C13H20BrN3O2. The summed E-state index contributed by atoms with van der Waals surface area (Å²) < 4.78 is 0.725. The molecule has 5 nitrogen and oxygen atoms in total. The zero-order chi connectivity index (χ0) is 14.6. The topological polar surface area (TPSA) is 72.4 Å². The molecule has 2 N–H and O–H groups in total. The molecule has 0 amide bonds. The third kappa shape index (κ3) is 5.26. The van der Waals surface area contributed by atoms with Gasteiger partial charge in [-0.15, -0.1) is 0 Å². The van der Waals surface area contributed by atoms with Gasteiger partial charge in [0.2, 0.25) is 0 Å². The van der Waals surface area contributed by atoms with Crippen LogP contribution in [0.1, 0.15) is 19.4 Å². The lowest BCUT2D eigenvalue weighted by atomic mass is 9.93. The zero-order valence-electron chi connectivity index (χ0n) is 11.5. The summed E-state index contributed by atoms with van der Waals surface area (Å²) in [5, 5.41) is 10.8. The van der Waals surface area contributed by atoms with E-state index in [9.17, 15) is 10.1 Å². The average molecular weight is 330 g/mol. The first-order chi connectivity index (χ1) is 8.73. The Bertz CT molecular complexity index is 463. The van der Waals surface area contributed by atoms with Gasteiger partial charge in [-0.1, -0.05) is 29.8 Å². The fourth-order valence-corrected chi connectivity index (χ4v) is 2.52. The third-order valence-corrected chi connectivity index (χ3v) is 3.31. The molecule has 1 aromatic rings. The van der Waals surface area contributed by atoms with Crippen molar-refractivity contribution in [3.05, 3.63) is 38.3 Å². The number of nitro groups is 1. The molecule has 0 heterocycles. The number of benzene rings is 1. The molecule has 0 fully saturated rings. The number of nitrogens with two attached hydrogens (primary N) is 1. The smallest absolute Gasteiger partial charge is 0.270 e. The highest BCUT2D eigenvalue weighted by Gasteiger charge is 2.18. The Labute approximate surface area is 122 Å². The molecule has 0 bridgehead atoms. The molecule has 1 rings (SSSR count). The van der Waals surface area contributed by atoms with Crippen LogP contribution < -0.4 is 5.73 Å². The summed E-state index contributed by atoms with van der Waals surface area (Å²) in [6, 6.07) is 5.02. The summed E-state index contributed by atoms with van der Waals surface area (Å²) in [5.74, 6) is 0. The second-order valence-electron chi connectivity index (χ2n) is 5.62. The lowest BCUT2D eigenvalue weighted by Crippen LogP contribution is -2.36. The molecule has 0 unspecified atom stereocenters. The van der Waals surface area contributed by atoms with E-state index in [0.717, 1.165) is 16.6 Å². The molecule has 0 aromatic heterocycles. The maximum atomic E-state index is 10.8. The van der Waals surface area contributed by atoms with Crippen LogP contribution in [0.4, 0.5) is 5.69 Å². The van der Waals surface area contributed by atoms with Crippen LogP contribution in [0.15, 0.2) is 22.7 Å². The molecule has 0 aliphatic rings. The molecular weight excluding hydrogens is 310 g/mol. The van der Waals surface area contributed by atoms with E-state index in [4.69, 9.17) is 5.73 Å². The van der Waals surface area contributed by atoms with Gasteiger partial charge in [-0.05, 0) is 30.6 Å². The summed E-state index contributed by atoms with van der Waals surface area (Å²) in [7, 11) is 1.99. The predicted octanol–water partition coefficient (Wildman–Crippen LogP) is 2.77. The number of hydrogen-bond donors (Lipinski definition) is 1. The first-order valence-corrected chi connectivity index (χ1v) is 6.85. The van der Waals surface area contributed by atoms with Gasteiger partial charge in [-0.25, -0.2) is 0 Å². The first-order valence-electron chi connectivity index (χ1n) is 6.06. The van der Waals surface area contributed by atoms with Gasteiger partial charge in [0.1, 0.15) is 0 Å². The maximum absolute atomic E-state index is 10.8. The van der Waals surface area contributed by atoms with E-state index in [1.54, 1.807) is 6.07 Å². The van der Waals surface area contributed by atoms with Gasteiger partial charge in [-0.3, -0.25) is 10.1 Å². The number of nitrogens with zero attached hydrogens (tertiary/aromatic N) is 2. The normalized spacial score (nSPS) is 11.9. The summed E-state index contributed by atoms with van der Waals surface area (Å²) in [6.45, 7) is 6.31. The van der Waals surface area contributed by atoms with Crippen molar-refractivity contribution in [2.75, 3.05) is 20.1 Å². The lowest BCUT2D eigenvalue weighted by Gasteiger charge is -2.29. The summed E-state index contributed by atoms with van der Waals surface area (Å²) in [6.07, 6.45) is 0.